The molecule has 0 aliphatic heterocycles. The molecule has 6 heteroatoms. The summed E-state index contributed by atoms with van der Waals surface area (Å²) >= 11 is 3.36. The zero-order chi connectivity index (χ0) is 9.26. The Kier molecular flexibility index (Phi) is 1.92. The lowest BCUT2D eigenvalue weighted by Gasteiger charge is -1.92. The summed E-state index contributed by atoms with van der Waals surface area (Å²) in [7, 11) is 0. The molecule has 0 spiro atoms. The highest BCUT2D eigenvalue weighted by Gasteiger charge is 2.04. The Hall–Kier alpha value is -1.52. The molecule has 13 heavy (non-hydrogen) atoms. The van der Waals surface area contributed by atoms with Crippen LogP contribution in [0.15, 0.2) is 28.0 Å². The fourth-order valence-corrected chi connectivity index (χ4v) is 1.57. The molecule has 0 bridgehead atoms. The highest BCUT2D eigenvalue weighted by molar-refractivity contribution is 9.10. The van der Waals surface area contributed by atoms with Gasteiger partial charge in [0.15, 0.2) is 5.82 Å². The van der Waals surface area contributed by atoms with E-state index in [4.69, 9.17) is 5.53 Å². The van der Waals surface area contributed by atoms with E-state index in [9.17, 15) is 0 Å². The quantitative estimate of drug-likeness (QED) is 0.461. The van der Waals surface area contributed by atoms with Crippen molar-refractivity contribution < 1.29 is 0 Å². The number of hydrogen-bond acceptors (Lipinski definition) is 2. The number of rotatable bonds is 1. The number of azide groups is 1. The van der Waals surface area contributed by atoms with Crippen molar-refractivity contribution in [1.82, 2.24) is 9.97 Å². The van der Waals surface area contributed by atoms with Crippen molar-refractivity contribution in [3.63, 3.8) is 0 Å². The number of hydrogen-bond donors (Lipinski definition) is 1. The van der Waals surface area contributed by atoms with Crippen LogP contribution in [-0.2, 0) is 0 Å². The summed E-state index contributed by atoms with van der Waals surface area (Å²) in [6.45, 7) is 0. The smallest absolute Gasteiger partial charge is 0.150 e. The molecule has 0 aliphatic rings. The van der Waals surface area contributed by atoms with E-state index in [1.165, 1.54) is 0 Å². The summed E-state index contributed by atoms with van der Waals surface area (Å²) in [5.41, 5.74) is 9.02. The molecule has 0 radical (unpaired) electrons. The van der Waals surface area contributed by atoms with Gasteiger partial charge in [-0.15, -0.1) is 0 Å². The Morgan fingerprint density at radius 2 is 2.46 bits per heavy atom. The van der Waals surface area contributed by atoms with Crippen LogP contribution in [0.3, 0.4) is 0 Å². The lowest BCUT2D eigenvalue weighted by Crippen LogP contribution is -1.74. The van der Waals surface area contributed by atoms with Gasteiger partial charge in [0.2, 0.25) is 0 Å². The number of aromatic nitrogens is 2. The van der Waals surface area contributed by atoms with Crippen molar-refractivity contribution in [3.05, 3.63) is 33.4 Å². The molecule has 0 unspecified atom stereocenters. The fraction of sp³-hybridized carbons (Fsp3) is 0. The molecule has 0 fully saturated rings. The standard InChI is InChI=1S/C7H4BrN5/c8-5-3-11-6-4(5)1-2-10-7(6)12-13-9/h1-3,11H. The van der Waals surface area contributed by atoms with Gasteiger partial charge in [-0.2, -0.15) is 0 Å². The number of nitrogens with zero attached hydrogens (tertiary/aromatic N) is 4. The third-order valence-corrected chi connectivity index (χ3v) is 2.33. The third kappa shape index (κ3) is 1.26. The predicted octanol–water partition coefficient (Wildman–Crippen LogP) is 3.27. The fourth-order valence-electron chi connectivity index (χ4n) is 1.12. The van der Waals surface area contributed by atoms with Gasteiger partial charge in [-0.25, -0.2) is 0 Å². The Balaban J connectivity index is 2.84. The van der Waals surface area contributed by atoms with Gasteiger partial charge in [0.1, 0.15) is 0 Å². The molecule has 64 valence electrons. The first-order chi connectivity index (χ1) is 6.33. The van der Waals surface area contributed by atoms with Gasteiger partial charge < -0.3 is 4.98 Å². The lowest BCUT2D eigenvalue weighted by atomic mass is 10.3. The van der Waals surface area contributed by atoms with Gasteiger partial charge in [0.05, 0.1) is 5.52 Å². The van der Waals surface area contributed by atoms with Crippen molar-refractivity contribution in [2.45, 2.75) is 0 Å². The number of aromatic amines is 1. The predicted molar refractivity (Wildman–Crippen MR) is 52.6 cm³/mol. The number of fused-ring (bicyclic) bond motifs is 1. The number of H-pyrrole nitrogens is 1. The maximum atomic E-state index is 8.28. The Morgan fingerprint density at radius 1 is 1.62 bits per heavy atom. The van der Waals surface area contributed by atoms with Crippen molar-refractivity contribution >= 4 is 32.7 Å². The second kappa shape index (κ2) is 3.08. The van der Waals surface area contributed by atoms with Crippen LogP contribution in [0.5, 0.6) is 0 Å². The van der Waals surface area contributed by atoms with E-state index in [2.05, 4.69) is 35.9 Å². The average molecular weight is 238 g/mol. The highest BCUT2D eigenvalue weighted by atomic mass is 79.9. The number of pyridine rings is 1. The van der Waals surface area contributed by atoms with Gasteiger partial charge in [0, 0.05) is 27.2 Å². The van der Waals surface area contributed by atoms with Crippen molar-refractivity contribution in [1.29, 1.82) is 0 Å². The van der Waals surface area contributed by atoms with Gasteiger partial charge in [-0.05, 0) is 32.6 Å². The molecule has 0 saturated carbocycles. The second-order valence-electron chi connectivity index (χ2n) is 2.38. The van der Waals surface area contributed by atoms with Gasteiger partial charge in [-0.1, -0.05) is 0 Å². The SMILES string of the molecule is [N-]=[N+]=Nc1nccc2c(Br)c[nH]c12. The topological polar surface area (TPSA) is 77.4 Å². The van der Waals surface area contributed by atoms with Gasteiger partial charge >= 0.3 is 0 Å². The molecule has 0 atom stereocenters. The van der Waals surface area contributed by atoms with E-state index >= 15 is 0 Å². The summed E-state index contributed by atoms with van der Waals surface area (Å²) in [6.07, 6.45) is 3.38. The zero-order valence-electron chi connectivity index (χ0n) is 6.40. The lowest BCUT2D eigenvalue weighted by molar-refractivity contribution is 1.27. The van der Waals surface area contributed by atoms with Gasteiger partial charge in [0.25, 0.3) is 0 Å². The average Bonchev–Trinajstić information content (AvgIpc) is 2.50. The molecule has 2 aromatic heterocycles. The summed E-state index contributed by atoms with van der Waals surface area (Å²) in [6, 6.07) is 1.84. The van der Waals surface area contributed by atoms with Crippen molar-refractivity contribution in [2.75, 3.05) is 0 Å². The molecule has 0 saturated heterocycles. The summed E-state index contributed by atoms with van der Waals surface area (Å²) < 4.78 is 0.930. The molecule has 0 aromatic carbocycles. The maximum Gasteiger partial charge on any atom is 0.150 e. The van der Waals surface area contributed by atoms with E-state index in [1.54, 1.807) is 12.4 Å². The van der Waals surface area contributed by atoms with Crippen LogP contribution in [0, 0.1) is 0 Å². The Morgan fingerprint density at radius 3 is 3.23 bits per heavy atom. The van der Waals surface area contributed by atoms with Crippen LogP contribution < -0.4 is 0 Å². The first-order valence-electron chi connectivity index (χ1n) is 3.49. The molecule has 0 aliphatic carbocycles. The molecule has 0 amide bonds. The normalized spacial score (nSPS) is 9.92. The molecule has 1 N–H and O–H groups in total. The minimum absolute atomic E-state index is 0.366. The minimum Gasteiger partial charge on any atom is -0.358 e. The van der Waals surface area contributed by atoms with Crippen molar-refractivity contribution in [3.8, 4) is 0 Å². The highest BCUT2D eigenvalue weighted by Crippen LogP contribution is 2.28. The van der Waals surface area contributed by atoms with E-state index in [0.717, 1.165) is 15.4 Å². The Labute approximate surface area is 81.5 Å². The second-order valence-corrected chi connectivity index (χ2v) is 3.24. The largest absolute Gasteiger partial charge is 0.358 e. The minimum atomic E-state index is 0.366. The molecular formula is C7H4BrN5. The van der Waals surface area contributed by atoms with E-state index in [-0.39, 0.29) is 0 Å². The number of halogens is 1. The first kappa shape index (κ1) is 8.10. The van der Waals surface area contributed by atoms with Crippen LogP contribution in [0.4, 0.5) is 5.82 Å². The zero-order valence-corrected chi connectivity index (χ0v) is 7.98. The molecular weight excluding hydrogens is 234 g/mol. The van der Waals surface area contributed by atoms with Gasteiger partial charge in [-0.3, -0.25) is 4.98 Å². The number of nitrogens with one attached hydrogen (secondary N) is 1. The summed E-state index contributed by atoms with van der Waals surface area (Å²) in [4.78, 5) is 9.60. The van der Waals surface area contributed by atoms with Crippen LogP contribution in [0.2, 0.25) is 0 Å². The van der Waals surface area contributed by atoms with Crippen LogP contribution in [-0.4, -0.2) is 9.97 Å². The van der Waals surface area contributed by atoms with E-state index in [1.807, 2.05) is 6.07 Å². The monoisotopic (exact) mass is 237 g/mol. The van der Waals surface area contributed by atoms with Crippen LogP contribution in [0.25, 0.3) is 21.3 Å². The van der Waals surface area contributed by atoms with E-state index in [0.29, 0.717) is 5.82 Å². The molecule has 2 aromatic rings. The summed E-state index contributed by atoms with van der Waals surface area (Å²) in [5, 5.41) is 4.42. The summed E-state index contributed by atoms with van der Waals surface area (Å²) in [5.74, 6) is 0.366. The van der Waals surface area contributed by atoms with Crippen LogP contribution in [0.1, 0.15) is 0 Å². The molecule has 2 rings (SSSR count). The third-order valence-electron chi connectivity index (χ3n) is 1.67. The maximum absolute atomic E-state index is 8.28. The molecule has 2 heterocycles. The first-order valence-corrected chi connectivity index (χ1v) is 4.29. The van der Waals surface area contributed by atoms with Crippen LogP contribution >= 0.6 is 15.9 Å². The van der Waals surface area contributed by atoms with E-state index < -0.39 is 0 Å². The van der Waals surface area contributed by atoms with Crippen molar-refractivity contribution in [2.24, 2.45) is 5.11 Å². The Bertz CT molecular complexity index is 497. The molecule has 5 nitrogen and oxygen atoms in total.